The fourth-order valence-electron chi connectivity index (χ4n) is 3.12. The lowest BCUT2D eigenvalue weighted by Gasteiger charge is -2.32. The number of carbonyl (C=O) groups is 1. The van der Waals surface area contributed by atoms with E-state index in [0.29, 0.717) is 6.42 Å². The van der Waals surface area contributed by atoms with Gasteiger partial charge in [0.2, 0.25) is 5.91 Å². The van der Waals surface area contributed by atoms with Crippen molar-refractivity contribution in [3.63, 3.8) is 0 Å². The molecule has 0 radical (unpaired) electrons. The molecule has 1 fully saturated rings. The summed E-state index contributed by atoms with van der Waals surface area (Å²) in [6, 6.07) is 4.38. The number of nitrogens with zero attached hydrogens (tertiary/aromatic N) is 2. The number of hydrogen-bond donors (Lipinski definition) is 2. The molecule has 6 heteroatoms. The predicted octanol–water partition coefficient (Wildman–Crippen LogP) is 1.14. The van der Waals surface area contributed by atoms with E-state index in [4.69, 9.17) is 4.98 Å². The van der Waals surface area contributed by atoms with Gasteiger partial charge in [-0.05, 0) is 31.0 Å². The van der Waals surface area contributed by atoms with Gasteiger partial charge in [0.15, 0.2) is 5.13 Å². The van der Waals surface area contributed by atoms with Gasteiger partial charge in [-0.3, -0.25) is 4.79 Å². The average molecular weight is 348 g/mol. The third kappa shape index (κ3) is 3.70. The van der Waals surface area contributed by atoms with Crippen molar-refractivity contribution in [3.05, 3.63) is 23.3 Å². The summed E-state index contributed by atoms with van der Waals surface area (Å²) < 4.78 is 1.28. The standard InChI is InChI=1S/C18H26N4OS/c1-4-16(23)19-7-8-21-9-11-22(12-10-21)18-20-17-14(3)13(2)5-6-15(17)24-18/h5-6H,4,7-12H2,1-3H3,(H,19,23)/p+1. The molecule has 0 spiro atoms. The van der Waals surface area contributed by atoms with Crippen LogP contribution < -0.4 is 15.1 Å². The lowest BCUT2D eigenvalue weighted by molar-refractivity contribution is -0.899. The van der Waals surface area contributed by atoms with Gasteiger partial charge in [-0.2, -0.15) is 0 Å². The van der Waals surface area contributed by atoms with Crippen LogP contribution in [-0.2, 0) is 4.79 Å². The molecule has 1 saturated heterocycles. The Balaban J connectivity index is 1.57. The SMILES string of the molecule is CCC(=O)NCC[NH+]1CCN(c2nc3c(C)c(C)ccc3s2)CC1. The normalized spacial score (nSPS) is 15.9. The number of amides is 1. The van der Waals surface area contributed by atoms with Gasteiger partial charge in [0.05, 0.1) is 49.5 Å². The van der Waals surface area contributed by atoms with Gasteiger partial charge in [-0.1, -0.05) is 24.3 Å². The molecular weight excluding hydrogens is 320 g/mol. The van der Waals surface area contributed by atoms with Crippen LogP contribution in [0.5, 0.6) is 0 Å². The number of hydrogen-bond acceptors (Lipinski definition) is 4. The van der Waals surface area contributed by atoms with E-state index in [2.05, 4.69) is 36.2 Å². The molecule has 130 valence electrons. The van der Waals surface area contributed by atoms with Crippen LogP contribution in [0.1, 0.15) is 24.5 Å². The van der Waals surface area contributed by atoms with Crippen molar-refractivity contribution in [3.8, 4) is 0 Å². The fraction of sp³-hybridized carbons (Fsp3) is 0.556. The van der Waals surface area contributed by atoms with Gasteiger partial charge in [0.1, 0.15) is 0 Å². The van der Waals surface area contributed by atoms with Crippen LogP contribution in [0.2, 0.25) is 0 Å². The van der Waals surface area contributed by atoms with Crippen LogP contribution in [0.4, 0.5) is 5.13 Å². The zero-order valence-corrected chi connectivity index (χ0v) is 15.6. The Morgan fingerprint density at radius 3 is 2.79 bits per heavy atom. The van der Waals surface area contributed by atoms with Gasteiger partial charge in [0.25, 0.3) is 0 Å². The maximum atomic E-state index is 11.3. The Bertz CT molecular complexity index is 719. The van der Waals surface area contributed by atoms with E-state index in [1.807, 2.05) is 6.92 Å². The first-order valence-corrected chi connectivity index (χ1v) is 9.62. The molecule has 2 aromatic rings. The topological polar surface area (TPSA) is 49.7 Å². The summed E-state index contributed by atoms with van der Waals surface area (Å²) in [7, 11) is 0. The van der Waals surface area contributed by atoms with Gasteiger partial charge >= 0.3 is 0 Å². The van der Waals surface area contributed by atoms with Crippen LogP contribution >= 0.6 is 11.3 Å². The number of piperazine rings is 1. The number of quaternary nitrogens is 1. The Kier molecular flexibility index (Phi) is 5.36. The molecule has 1 aliphatic heterocycles. The second-order valence-electron chi connectivity index (χ2n) is 6.54. The lowest BCUT2D eigenvalue weighted by Crippen LogP contribution is -3.15. The van der Waals surface area contributed by atoms with Crippen LogP contribution in [0.15, 0.2) is 12.1 Å². The number of carbonyl (C=O) groups excluding carboxylic acids is 1. The number of nitrogens with one attached hydrogen (secondary N) is 2. The zero-order valence-electron chi connectivity index (χ0n) is 14.8. The molecule has 0 saturated carbocycles. The Morgan fingerprint density at radius 1 is 1.33 bits per heavy atom. The van der Waals surface area contributed by atoms with E-state index in [-0.39, 0.29) is 5.91 Å². The molecule has 1 aliphatic rings. The molecule has 0 unspecified atom stereocenters. The number of anilines is 1. The molecule has 0 atom stereocenters. The maximum absolute atomic E-state index is 11.3. The number of fused-ring (bicyclic) bond motifs is 1. The highest BCUT2D eigenvalue weighted by Crippen LogP contribution is 2.31. The van der Waals surface area contributed by atoms with Crippen molar-refractivity contribution >= 4 is 32.6 Å². The Morgan fingerprint density at radius 2 is 2.08 bits per heavy atom. The van der Waals surface area contributed by atoms with Crippen molar-refractivity contribution in [1.82, 2.24) is 10.3 Å². The van der Waals surface area contributed by atoms with Crippen molar-refractivity contribution in [2.75, 3.05) is 44.2 Å². The summed E-state index contributed by atoms with van der Waals surface area (Å²) in [6.45, 7) is 12.3. The van der Waals surface area contributed by atoms with Crippen LogP contribution in [-0.4, -0.2) is 50.2 Å². The smallest absolute Gasteiger partial charge is 0.219 e. The Labute approximate surface area is 147 Å². The Hall–Kier alpha value is -1.66. The number of thiazole rings is 1. The number of benzene rings is 1. The first-order chi connectivity index (χ1) is 11.6. The molecule has 0 aliphatic carbocycles. The van der Waals surface area contributed by atoms with Crippen molar-refractivity contribution in [2.45, 2.75) is 27.2 Å². The number of aryl methyl sites for hydroxylation is 2. The summed E-state index contributed by atoms with van der Waals surface area (Å²) >= 11 is 1.80. The van der Waals surface area contributed by atoms with Crippen molar-refractivity contribution in [1.29, 1.82) is 0 Å². The third-order valence-electron chi connectivity index (χ3n) is 4.94. The van der Waals surface area contributed by atoms with E-state index < -0.39 is 0 Å². The number of rotatable bonds is 5. The van der Waals surface area contributed by atoms with E-state index in [9.17, 15) is 4.79 Å². The van der Waals surface area contributed by atoms with Crippen LogP contribution in [0, 0.1) is 13.8 Å². The molecule has 1 aromatic carbocycles. The van der Waals surface area contributed by atoms with E-state index >= 15 is 0 Å². The molecule has 2 N–H and O–H groups in total. The van der Waals surface area contributed by atoms with Crippen LogP contribution in [0.25, 0.3) is 10.2 Å². The van der Waals surface area contributed by atoms with Crippen molar-refractivity contribution in [2.24, 2.45) is 0 Å². The van der Waals surface area contributed by atoms with Gasteiger partial charge < -0.3 is 15.1 Å². The molecule has 1 amide bonds. The molecule has 1 aromatic heterocycles. The maximum Gasteiger partial charge on any atom is 0.219 e. The second-order valence-corrected chi connectivity index (χ2v) is 7.55. The van der Waals surface area contributed by atoms with E-state index in [1.165, 1.54) is 15.8 Å². The minimum atomic E-state index is 0.146. The first-order valence-electron chi connectivity index (χ1n) is 8.80. The lowest BCUT2D eigenvalue weighted by atomic mass is 10.1. The molecule has 5 nitrogen and oxygen atoms in total. The second kappa shape index (κ2) is 7.49. The van der Waals surface area contributed by atoms with E-state index in [1.54, 1.807) is 16.2 Å². The van der Waals surface area contributed by atoms with E-state index in [0.717, 1.165) is 49.9 Å². The summed E-state index contributed by atoms with van der Waals surface area (Å²) in [5, 5.41) is 4.12. The average Bonchev–Trinajstić information content (AvgIpc) is 3.03. The van der Waals surface area contributed by atoms with Crippen LogP contribution in [0.3, 0.4) is 0 Å². The first kappa shape index (κ1) is 17.2. The molecule has 2 heterocycles. The molecular formula is C18H27N4OS+. The molecule has 3 rings (SSSR count). The summed E-state index contributed by atoms with van der Waals surface area (Å²) in [6.07, 6.45) is 0.569. The van der Waals surface area contributed by atoms with Gasteiger partial charge in [0, 0.05) is 6.42 Å². The van der Waals surface area contributed by atoms with Gasteiger partial charge in [-0.25, -0.2) is 4.98 Å². The minimum absolute atomic E-state index is 0.146. The van der Waals surface area contributed by atoms with Crippen molar-refractivity contribution < 1.29 is 9.69 Å². The minimum Gasteiger partial charge on any atom is -0.350 e. The number of aromatic nitrogens is 1. The highest BCUT2D eigenvalue weighted by Gasteiger charge is 2.22. The quantitative estimate of drug-likeness (QED) is 0.853. The monoisotopic (exact) mass is 347 g/mol. The largest absolute Gasteiger partial charge is 0.350 e. The zero-order chi connectivity index (χ0) is 17.1. The van der Waals surface area contributed by atoms with Gasteiger partial charge in [-0.15, -0.1) is 0 Å². The highest BCUT2D eigenvalue weighted by molar-refractivity contribution is 7.22. The third-order valence-corrected chi connectivity index (χ3v) is 6.02. The molecule has 24 heavy (non-hydrogen) atoms. The summed E-state index contributed by atoms with van der Waals surface area (Å²) in [5.74, 6) is 0.146. The fourth-order valence-corrected chi connectivity index (χ4v) is 4.19. The molecule has 0 bridgehead atoms. The highest BCUT2D eigenvalue weighted by atomic mass is 32.1. The predicted molar refractivity (Wildman–Crippen MR) is 100 cm³/mol. The summed E-state index contributed by atoms with van der Waals surface area (Å²) in [5.41, 5.74) is 3.76. The summed E-state index contributed by atoms with van der Waals surface area (Å²) in [4.78, 5) is 20.2.